The fourth-order valence-corrected chi connectivity index (χ4v) is 2.81. The zero-order chi connectivity index (χ0) is 18.1. The van der Waals surface area contributed by atoms with E-state index in [1.54, 1.807) is 23.6 Å². The molecule has 2 heterocycles. The van der Waals surface area contributed by atoms with Crippen molar-refractivity contribution in [3.8, 4) is 5.75 Å². The third-order valence-corrected chi connectivity index (χ3v) is 4.30. The zero-order valence-electron chi connectivity index (χ0n) is 15.0. The van der Waals surface area contributed by atoms with Crippen LogP contribution in [-0.4, -0.2) is 44.5 Å². The molecule has 25 heavy (non-hydrogen) atoms. The molecule has 0 saturated heterocycles. The lowest BCUT2D eigenvalue weighted by Crippen LogP contribution is -2.30. The number of amides is 1. The Balaban J connectivity index is 1.93. The van der Waals surface area contributed by atoms with E-state index in [0.29, 0.717) is 5.78 Å². The molecule has 0 aliphatic heterocycles. The molecule has 0 bridgehead atoms. The first-order chi connectivity index (χ1) is 11.9. The predicted molar refractivity (Wildman–Crippen MR) is 93.8 cm³/mol. The molecule has 7 nitrogen and oxygen atoms in total. The third kappa shape index (κ3) is 3.05. The highest BCUT2D eigenvalue weighted by Crippen LogP contribution is 2.28. The second-order valence-corrected chi connectivity index (χ2v) is 6.02. The summed E-state index contributed by atoms with van der Waals surface area (Å²) in [6, 6.07) is 9.36. The Morgan fingerprint density at radius 1 is 1.24 bits per heavy atom. The number of rotatable bonds is 4. The van der Waals surface area contributed by atoms with Gasteiger partial charge in [-0.2, -0.15) is 4.98 Å². The zero-order valence-corrected chi connectivity index (χ0v) is 15.0. The van der Waals surface area contributed by atoms with E-state index in [9.17, 15) is 4.79 Å². The van der Waals surface area contributed by atoms with Gasteiger partial charge >= 0.3 is 0 Å². The van der Waals surface area contributed by atoms with Crippen LogP contribution >= 0.6 is 0 Å². The van der Waals surface area contributed by atoms with Crippen LogP contribution in [0.1, 0.15) is 40.5 Å². The van der Waals surface area contributed by atoms with Crippen molar-refractivity contribution in [3.63, 3.8) is 0 Å². The number of para-hydroxylation sites is 1. The van der Waals surface area contributed by atoms with Crippen LogP contribution in [0.15, 0.2) is 30.3 Å². The summed E-state index contributed by atoms with van der Waals surface area (Å²) in [7, 11) is 3.35. The molecule has 0 fully saturated rings. The van der Waals surface area contributed by atoms with Crippen LogP contribution in [0.2, 0.25) is 0 Å². The van der Waals surface area contributed by atoms with Crippen LogP contribution in [0.25, 0.3) is 5.78 Å². The Bertz CT molecular complexity index is 934. The number of nitrogens with zero attached hydrogens (tertiary/aromatic N) is 5. The van der Waals surface area contributed by atoms with E-state index >= 15 is 0 Å². The smallest absolute Gasteiger partial charge is 0.293 e. The van der Waals surface area contributed by atoms with Crippen LogP contribution in [0, 0.1) is 13.8 Å². The minimum absolute atomic E-state index is 0.130. The maximum Gasteiger partial charge on any atom is 0.293 e. The molecule has 0 radical (unpaired) electrons. The number of hydrogen-bond acceptors (Lipinski definition) is 5. The molecule has 1 amide bonds. The summed E-state index contributed by atoms with van der Waals surface area (Å²) in [4.78, 5) is 23.1. The van der Waals surface area contributed by atoms with Gasteiger partial charge in [-0.15, -0.1) is 5.10 Å². The van der Waals surface area contributed by atoms with Gasteiger partial charge in [-0.25, -0.2) is 9.50 Å². The largest absolute Gasteiger partial charge is 0.496 e. The Morgan fingerprint density at radius 3 is 2.68 bits per heavy atom. The summed E-state index contributed by atoms with van der Waals surface area (Å²) < 4.78 is 6.98. The molecule has 3 aromatic rings. The van der Waals surface area contributed by atoms with Gasteiger partial charge < -0.3 is 9.64 Å². The minimum atomic E-state index is -0.263. The number of carbonyl (C=O) groups is 1. The lowest BCUT2D eigenvalue weighted by Gasteiger charge is -2.25. The normalized spacial score (nSPS) is 12.2. The molecule has 130 valence electrons. The van der Waals surface area contributed by atoms with Crippen molar-refractivity contribution in [1.82, 2.24) is 24.5 Å². The highest BCUT2D eigenvalue weighted by Gasteiger charge is 2.25. The van der Waals surface area contributed by atoms with E-state index < -0.39 is 0 Å². The number of hydrogen-bond donors (Lipinski definition) is 0. The van der Waals surface area contributed by atoms with Gasteiger partial charge in [-0.3, -0.25) is 4.79 Å². The Kier molecular flexibility index (Phi) is 4.39. The first kappa shape index (κ1) is 16.9. The average molecular weight is 339 g/mol. The fourth-order valence-electron chi connectivity index (χ4n) is 2.81. The summed E-state index contributed by atoms with van der Waals surface area (Å²) in [6.45, 7) is 5.74. The fraction of sp³-hybridized carbons (Fsp3) is 0.333. The van der Waals surface area contributed by atoms with Crippen molar-refractivity contribution in [3.05, 3.63) is 53.1 Å². The van der Waals surface area contributed by atoms with Crippen LogP contribution in [0.5, 0.6) is 5.75 Å². The molecule has 0 aliphatic carbocycles. The lowest BCUT2D eigenvalue weighted by molar-refractivity contribution is 0.0729. The molecule has 0 spiro atoms. The number of aromatic nitrogens is 4. The van der Waals surface area contributed by atoms with Gasteiger partial charge in [-0.05, 0) is 32.9 Å². The molecule has 1 atom stereocenters. The Labute approximate surface area is 146 Å². The monoisotopic (exact) mass is 339 g/mol. The number of carbonyl (C=O) groups excluding carboxylic acids is 1. The second kappa shape index (κ2) is 6.51. The average Bonchev–Trinajstić information content (AvgIpc) is 3.04. The predicted octanol–water partition coefficient (Wildman–Crippen LogP) is 2.58. The van der Waals surface area contributed by atoms with Crippen molar-refractivity contribution in [2.45, 2.75) is 26.8 Å². The van der Waals surface area contributed by atoms with Crippen LogP contribution in [-0.2, 0) is 0 Å². The highest BCUT2D eigenvalue weighted by atomic mass is 16.5. The second-order valence-electron chi connectivity index (χ2n) is 6.02. The topological polar surface area (TPSA) is 72.6 Å². The summed E-state index contributed by atoms with van der Waals surface area (Å²) >= 11 is 0. The quantitative estimate of drug-likeness (QED) is 0.730. The van der Waals surface area contributed by atoms with Crippen LogP contribution in [0.3, 0.4) is 0 Å². The maximum absolute atomic E-state index is 12.8. The number of benzene rings is 1. The summed E-state index contributed by atoms with van der Waals surface area (Å²) in [5, 5.41) is 4.31. The highest BCUT2D eigenvalue weighted by molar-refractivity contribution is 5.91. The van der Waals surface area contributed by atoms with Gasteiger partial charge in [-0.1, -0.05) is 18.2 Å². The maximum atomic E-state index is 12.8. The van der Waals surface area contributed by atoms with Crippen molar-refractivity contribution in [2.75, 3.05) is 14.2 Å². The standard InChI is InChI=1S/C18H21N5O2/c1-11-10-12(2)23-18(19-11)20-16(21-23)17(24)22(4)13(3)14-8-6-7-9-15(14)25-5/h6-10,13H,1-5H3. The van der Waals surface area contributed by atoms with Gasteiger partial charge in [0.05, 0.1) is 13.2 Å². The molecule has 1 aromatic carbocycles. The van der Waals surface area contributed by atoms with Gasteiger partial charge in [0.1, 0.15) is 5.75 Å². The van der Waals surface area contributed by atoms with E-state index in [-0.39, 0.29) is 17.8 Å². The SMILES string of the molecule is COc1ccccc1C(C)N(C)C(=O)c1nc2nc(C)cc(C)n2n1. The van der Waals surface area contributed by atoms with Crippen molar-refractivity contribution >= 4 is 11.7 Å². The molecule has 0 N–H and O–H groups in total. The Hall–Kier alpha value is -2.96. The van der Waals surface area contributed by atoms with E-state index in [1.165, 1.54) is 0 Å². The van der Waals surface area contributed by atoms with E-state index in [4.69, 9.17) is 4.74 Å². The number of fused-ring (bicyclic) bond motifs is 1. The van der Waals surface area contributed by atoms with Gasteiger partial charge in [0.25, 0.3) is 11.7 Å². The summed E-state index contributed by atoms with van der Waals surface area (Å²) in [5.41, 5.74) is 2.65. The van der Waals surface area contributed by atoms with E-state index in [0.717, 1.165) is 22.7 Å². The van der Waals surface area contributed by atoms with Gasteiger partial charge in [0.15, 0.2) is 0 Å². The molecular weight excluding hydrogens is 318 g/mol. The molecule has 1 unspecified atom stereocenters. The molecule has 0 saturated carbocycles. The Morgan fingerprint density at radius 2 is 1.96 bits per heavy atom. The van der Waals surface area contributed by atoms with Crippen LogP contribution in [0.4, 0.5) is 0 Å². The summed E-state index contributed by atoms with van der Waals surface area (Å²) in [6.07, 6.45) is 0. The first-order valence-electron chi connectivity index (χ1n) is 8.03. The van der Waals surface area contributed by atoms with Crippen LogP contribution < -0.4 is 4.74 Å². The van der Waals surface area contributed by atoms with E-state index in [2.05, 4.69) is 15.1 Å². The summed E-state index contributed by atoms with van der Waals surface area (Å²) in [5.74, 6) is 1.04. The van der Waals surface area contributed by atoms with Gasteiger partial charge in [0.2, 0.25) is 5.82 Å². The van der Waals surface area contributed by atoms with Crippen molar-refractivity contribution in [2.24, 2.45) is 0 Å². The molecule has 7 heteroatoms. The lowest BCUT2D eigenvalue weighted by atomic mass is 10.1. The van der Waals surface area contributed by atoms with Crippen molar-refractivity contribution < 1.29 is 9.53 Å². The van der Waals surface area contributed by atoms with E-state index in [1.807, 2.05) is 51.1 Å². The van der Waals surface area contributed by atoms with Crippen molar-refractivity contribution in [1.29, 1.82) is 0 Å². The number of ether oxygens (including phenoxy) is 1. The molecule has 0 aliphatic rings. The van der Waals surface area contributed by atoms with Gasteiger partial charge in [0, 0.05) is 24.0 Å². The molecule has 3 rings (SSSR count). The number of aryl methyl sites for hydroxylation is 2. The number of methoxy groups -OCH3 is 1. The minimum Gasteiger partial charge on any atom is -0.496 e. The molecular formula is C18H21N5O2. The first-order valence-corrected chi connectivity index (χ1v) is 8.03. The third-order valence-electron chi connectivity index (χ3n) is 4.30. The molecule has 2 aromatic heterocycles.